The lowest BCUT2D eigenvalue weighted by Gasteiger charge is -2.50. The van der Waals surface area contributed by atoms with E-state index in [9.17, 15) is 4.79 Å². The Balaban J connectivity index is 1.48. The topological polar surface area (TPSA) is 68.6 Å². The summed E-state index contributed by atoms with van der Waals surface area (Å²) in [6.07, 6.45) is 2.30. The molecule has 1 aromatic carbocycles. The number of hydrogen-bond donors (Lipinski definition) is 1. The van der Waals surface area contributed by atoms with Crippen molar-refractivity contribution in [1.82, 2.24) is 20.0 Å². The number of hydrogen-bond acceptors (Lipinski definition) is 5. The first-order valence-electron chi connectivity index (χ1n) is 10.3. The number of carbonyl (C=O) groups is 1. The second kappa shape index (κ2) is 8.55. The molecule has 4 atom stereocenters. The molecule has 156 valence electrons. The maximum absolute atomic E-state index is 11.7. The number of benzene rings is 1. The Bertz CT molecular complexity index is 865. The van der Waals surface area contributed by atoms with Crippen molar-refractivity contribution in [3.8, 4) is 17.0 Å². The number of nitrogens with one attached hydrogen (secondary N) is 1. The van der Waals surface area contributed by atoms with Crippen LogP contribution in [0.2, 0.25) is 0 Å². The summed E-state index contributed by atoms with van der Waals surface area (Å²) in [6, 6.07) is 10.7. The molecule has 3 fully saturated rings. The zero-order valence-electron chi connectivity index (χ0n) is 17.4. The van der Waals surface area contributed by atoms with Gasteiger partial charge in [-0.1, -0.05) is 12.1 Å². The maximum atomic E-state index is 11.7. The molecular weight excluding hydrogens is 368 g/mol. The molecule has 1 N–H and O–H groups in total. The van der Waals surface area contributed by atoms with Gasteiger partial charge < -0.3 is 14.8 Å². The van der Waals surface area contributed by atoms with Crippen LogP contribution in [0, 0.1) is 5.92 Å². The molecule has 4 heterocycles. The normalized spacial score (nSPS) is 25.8. The fourth-order valence-corrected chi connectivity index (χ4v) is 4.92. The first kappa shape index (κ1) is 19.9. The highest BCUT2D eigenvalue weighted by molar-refractivity contribution is 5.77. The van der Waals surface area contributed by atoms with Gasteiger partial charge in [-0.25, -0.2) is 0 Å². The molecule has 0 saturated carbocycles. The first-order valence-corrected chi connectivity index (χ1v) is 10.3. The van der Waals surface area contributed by atoms with Gasteiger partial charge in [-0.2, -0.15) is 5.10 Å². The minimum absolute atomic E-state index is 0.0419. The summed E-state index contributed by atoms with van der Waals surface area (Å²) in [6.45, 7) is 2.94. The van der Waals surface area contributed by atoms with E-state index in [1.165, 1.54) is 12.1 Å². The molecule has 5 rings (SSSR count). The van der Waals surface area contributed by atoms with E-state index >= 15 is 0 Å². The standard InChI is InChI=1S/C22H30N4O3/c1-25-20(11-19(24-25)17-6-4-5-7-21(17)29-3)18-13-26-9-8-15(18)10-16(26)12-23-22(27)14-28-2/h4-7,11,15-16,18H,8-10,12-14H2,1-3H3,(H,23,27). The number of nitrogens with zero attached hydrogens (tertiary/aromatic N) is 3. The van der Waals surface area contributed by atoms with Gasteiger partial charge in [-0.05, 0) is 43.5 Å². The summed E-state index contributed by atoms with van der Waals surface area (Å²) < 4.78 is 12.5. The molecule has 1 amide bonds. The molecule has 2 bridgehead atoms. The Kier molecular flexibility index (Phi) is 5.87. The predicted octanol–water partition coefficient (Wildman–Crippen LogP) is 2.04. The van der Waals surface area contributed by atoms with Crippen LogP contribution in [0.5, 0.6) is 5.75 Å². The van der Waals surface area contributed by atoms with Crippen molar-refractivity contribution < 1.29 is 14.3 Å². The number of methoxy groups -OCH3 is 2. The van der Waals surface area contributed by atoms with Crippen LogP contribution in [0.1, 0.15) is 24.5 Å². The van der Waals surface area contributed by atoms with Crippen molar-refractivity contribution in [3.05, 3.63) is 36.0 Å². The molecule has 7 nitrogen and oxygen atoms in total. The van der Waals surface area contributed by atoms with E-state index in [-0.39, 0.29) is 12.5 Å². The van der Waals surface area contributed by atoms with Gasteiger partial charge in [0.15, 0.2) is 0 Å². The second-order valence-corrected chi connectivity index (χ2v) is 8.06. The highest BCUT2D eigenvalue weighted by atomic mass is 16.5. The summed E-state index contributed by atoms with van der Waals surface area (Å²) >= 11 is 0. The van der Waals surface area contributed by atoms with Crippen molar-refractivity contribution in [2.24, 2.45) is 13.0 Å². The summed E-state index contributed by atoms with van der Waals surface area (Å²) in [7, 11) is 5.28. The number of carbonyl (C=O) groups excluding carboxylic acids is 1. The number of aromatic nitrogens is 2. The van der Waals surface area contributed by atoms with E-state index in [2.05, 4.69) is 22.3 Å². The Morgan fingerprint density at radius 2 is 2.14 bits per heavy atom. The number of ether oxygens (including phenoxy) is 2. The number of piperidine rings is 3. The minimum atomic E-state index is -0.0419. The van der Waals surface area contributed by atoms with Crippen LogP contribution in [0.4, 0.5) is 0 Å². The van der Waals surface area contributed by atoms with Gasteiger partial charge in [0, 0.05) is 50.5 Å². The molecule has 3 saturated heterocycles. The highest BCUT2D eigenvalue weighted by Crippen LogP contribution is 2.42. The van der Waals surface area contributed by atoms with Gasteiger partial charge in [-0.3, -0.25) is 14.4 Å². The maximum Gasteiger partial charge on any atom is 0.246 e. The number of amides is 1. The lowest BCUT2D eigenvalue weighted by molar-refractivity contribution is -0.125. The smallest absolute Gasteiger partial charge is 0.246 e. The molecule has 3 aliphatic heterocycles. The van der Waals surface area contributed by atoms with E-state index in [1.54, 1.807) is 14.2 Å². The fraction of sp³-hybridized carbons (Fsp3) is 0.545. The molecule has 0 radical (unpaired) electrons. The average Bonchev–Trinajstić information content (AvgIpc) is 3.14. The van der Waals surface area contributed by atoms with E-state index in [1.807, 2.05) is 29.9 Å². The summed E-state index contributed by atoms with van der Waals surface area (Å²) in [5, 5.41) is 7.80. The largest absolute Gasteiger partial charge is 0.496 e. The zero-order valence-corrected chi connectivity index (χ0v) is 17.4. The molecule has 1 aromatic heterocycles. The molecule has 2 aromatic rings. The van der Waals surface area contributed by atoms with Crippen molar-refractivity contribution in [1.29, 1.82) is 0 Å². The van der Waals surface area contributed by atoms with Crippen LogP contribution in [0.3, 0.4) is 0 Å². The van der Waals surface area contributed by atoms with Crippen LogP contribution < -0.4 is 10.1 Å². The molecule has 4 unspecified atom stereocenters. The second-order valence-electron chi connectivity index (χ2n) is 8.06. The summed E-state index contributed by atoms with van der Waals surface area (Å²) in [4.78, 5) is 14.3. The van der Waals surface area contributed by atoms with E-state index in [0.29, 0.717) is 24.4 Å². The van der Waals surface area contributed by atoms with Crippen molar-refractivity contribution >= 4 is 5.91 Å². The van der Waals surface area contributed by atoms with Gasteiger partial charge in [0.25, 0.3) is 0 Å². The third-order valence-corrected chi connectivity index (χ3v) is 6.37. The summed E-state index contributed by atoms with van der Waals surface area (Å²) in [5.41, 5.74) is 3.26. The number of fused-ring (bicyclic) bond motifs is 3. The van der Waals surface area contributed by atoms with Gasteiger partial charge >= 0.3 is 0 Å². The van der Waals surface area contributed by atoms with E-state index < -0.39 is 0 Å². The third-order valence-electron chi connectivity index (χ3n) is 6.37. The van der Waals surface area contributed by atoms with Gasteiger partial charge in [0.2, 0.25) is 5.91 Å². The van der Waals surface area contributed by atoms with E-state index in [0.717, 1.165) is 36.5 Å². The van der Waals surface area contributed by atoms with Gasteiger partial charge in [0.05, 0.1) is 12.8 Å². The van der Waals surface area contributed by atoms with Gasteiger partial charge in [0.1, 0.15) is 12.4 Å². The van der Waals surface area contributed by atoms with Crippen LogP contribution in [0.15, 0.2) is 30.3 Å². The van der Waals surface area contributed by atoms with Gasteiger partial charge in [-0.15, -0.1) is 0 Å². The Morgan fingerprint density at radius 3 is 2.86 bits per heavy atom. The summed E-state index contributed by atoms with van der Waals surface area (Å²) in [5.74, 6) is 1.89. The zero-order chi connectivity index (χ0) is 20.4. The Morgan fingerprint density at radius 1 is 1.31 bits per heavy atom. The number of aryl methyl sites for hydroxylation is 1. The van der Waals surface area contributed by atoms with Crippen molar-refractivity contribution in [2.45, 2.75) is 24.8 Å². The molecule has 7 heteroatoms. The molecule has 0 spiro atoms. The molecular formula is C22H30N4O3. The molecule has 29 heavy (non-hydrogen) atoms. The van der Waals surface area contributed by atoms with Crippen LogP contribution >= 0.6 is 0 Å². The average molecular weight is 399 g/mol. The first-order chi connectivity index (χ1) is 14.1. The third kappa shape index (κ3) is 4.02. The Labute approximate surface area is 172 Å². The van der Waals surface area contributed by atoms with Crippen LogP contribution in [-0.4, -0.2) is 67.1 Å². The van der Waals surface area contributed by atoms with E-state index in [4.69, 9.17) is 14.6 Å². The van der Waals surface area contributed by atoms with Crippen LogP contribution in [0.25, 0.3) is 11.3 Å². The monoisotopic (exact) mass is 398 g/mol. The number of rotatable bonds is 7. The van der Waals surface area contributed by atoms with Crippen LogP contribution in [-0.2, 0) is 16.6 Å². The molecule has 3 aliphatic rings. The van der Waals surface area contributed by atoms with Crippen molar-refractivity contribution in [3.63, 3.8) is 0 Å². The minimum Gasteiger partial charge on any atom is -0.496 e. The predicted molar refractivity (Wildman–Crippen MR) is 111 cm³/mol. The highest BCUT2D eigenvalue weighted by Gasteiger charge is 2.41. The SMILES string of the molecule is COCC(=O)NCC1CC2CCN1CC2c1cc(-c2ccccc2OC)nn1C. The fourth-order valence-electron chi connectivity index (χ4n) is 4.92. The number of para-hydroxylation sites is 1. The molecule has 0 aliphatic carbocycles. The lowest BCUT2D eigenvalue weighted by atomic mass is 9.74. The lowest BCUT2D eigenvalue weighted by Crippen LogP contribution is -2.56. The van der Waals surface area contributed by atoms with Crippen molar-refractivity contribution in [2.75, 3.05) is 40.5 Å². The Hall–Kier alpha value is -2.38. The quantitative estimate of drug-likeness (QED) is 0.773.